The highest BCUT2D eigenvalue weighted by Gasteiger charge is 2.20. The van der Waals surface area contributed by atoms with Crippen LogP contribution in [0, 0.1) is 0 Å². The molecule has 1 aromatic heterocycles. The van der Waals surface area contributed by atoms with Crippen molar-refractivity contribution in [2.24, 2.45) is 7.05 Å². The summed E-state index contributed by atoms with van der Waals surface area (Å²) in [4.78, 5) is 45.5. The zero-order chi connectivity index (χ0) is 31.4. The maximum absolute atomic E-state index is 13.2. The number of nitrogens with one attached hydrogen (secondary N) is 2. The van der Waals surface area contributed by atoms with Gasteiger partial charge in [0.2, 0.25) is 0 Å². The van der Waals surface area contributed by atoms with Gasteiger partial charge in [-0.3, -0.25) is 14.4 Å². The average molecular weight is 594 g/mol. The van der Waals surface area contributed by atoms with Gasteiger partial charge in [0.15, 0.2) is 5.82 Å². The Balaban J connectivity index is 1.38. The third kappa shape index (κ3) is 6.73. The standard InChI is InChI=1S/C35H39N5O4/c1-6-27-28(8-7-9-29(27)38-32(41)23-10-14-25(15-11-23)35(2,3)4)30-22-39(5)34(43)31(37-30)36-26-16-12-24(13-17-26)33(42)40-18-20-44-21-19-40/h7-17,22H,6,18-21H2,1-5H3,(H,36,37)(H,38,41). The van der Waals surface area contributed by atoms with Crippen LogP contribution in [0.3, 0.4) is 0 Å². The molecule has 1 aliphatic heterocycles. The minimum atomic E-state index is -0.288. The number of hydrogen-bond donors (Lipinski definition) is 2. The molecule has 2 heterocycles. The lowest BCUT2D eigenvalue weighted by Crippen LogP contribution is -2.40. The number of nitrogens with zero attached hydrogens (tertiary/aromatic N) is 3. The fraction of sp³-hybridized carbons (Fsp3) is 0.314. The van der Waals surface area contributed by atoms with Crippen molar-refractivity contribution in [1.29, 1.82) is 0 Å². The number of benzene rings is 3. The summed E-state index contributed by atoms with van der Waals surface area (Å²) in [6.45, 7) is 10.7. The number of morpholine rings is 1. The number of aromatic nitrogens is 2. The fourth-order valence-corrected chi connectivity index (χ4v) is 5.24. The highest BCUT2D eigenvalue weighted by molar-refractivity contribution is 6.05. The van der Waals surface area contributed by atoms with Gasteiger partial charge in [0.05, 0.1) is 18.9 Å². The Hall–Kier alpha value is -4.76. The lowest BCUT2D eigenvalue weighted by atomic mass is 9.86. The van der Waals surface area contributed by atoms with Crippen molar-refractivity contribution in [3.05, 3.63) is 106 Å². The summed E-state index contributed by atoms with van der Waals surface area (Å²) in [6.07, 6.45) is 2.34. The van der Waals surface area contributed by atoms with Crippen LogP contribution < -0.4 is 16.2 Å². The van der Waals surface area contributed by atoms with Crippen molar-refractivity contribution in [3.63, 3.8) is 0 Å². The Morgan fingerprint density at radius 3 is 2.23 bits per heavy atom. The van der Waals surface area contributed by atoms with Crippen LogP contribution in [0.1, 0.15) is 59.5 Å². The van der Waals surface area contributed by atoms with Crippen LogP contribution >= 0.6 is 0 Å². The first-order chi connectivity index (χ1) is 21.0. The predicted octanol–water partition coefficient (Wildman–Crippen LogP) is 5.78. The molecule has 5 rings (SSSR count). The van der Waals surface area contributed by atoms with E-state index in [0.717, 1.165) is 16.7 Å². The molecular weight excluding hydrogens is 554 g/mol. The molecule has 1 saturated heterocycles. The lowest BCUT2D eigenvalue weighted by Gasteiger charge is -2.26. The molecule has 2 amide bonds. The van der Waals surface area contributed by atoms with Crippen LogP contribution in [0.4, 0.5) is 17.2 Å². The van der Waals surface area contributed by atoms with Gasteiger partial charge in [-0.2, -0.15) is 0 Å². The van der Waals surface area contributed by atoms with Gasteiger partial charge < -0.3 is 24.8 Å². The van der Waals surface area contributed by atoms with Crippen LogP contribution in [0.2, 0.25) is 0 Å². The van der Waals surface area contributed by atoms with E-state index in [9.17, 15) is 14.4 Å². The van der Waals surface area contributed by atoms with Crippen molar-refractivity contribution in [2.75, 3.05) is 36.9 Å². The zero-order valence-electron chi connectivity index (χ0n) is 25.9. The molecule has 0 spiro atoms. The monoisotopic (exact) mass is 593 g/mol. The molecular formula is C35H39N5O4. The fourth-order valence-electron chi connectivity index (χ4n) is 5.24. The molecule has 0 saturated carbocycles. The Morgan fingerprint density at radius 2 is 1.59 bits per heavy atom. The van der Waals surface area contributed by atoms with E-state index in [1.807, 2.05) is 49.4 Å². The summed E-state index contributed by atoms with van der Waals surface area (Å²) in [5.41, 5.74) is 5.68. The second-order valence-electron chi connectivity index (χ2n) is 12.0. The molecule has 0 aliphatic carbocycles. The summed E-state index contributed by atoms with van der Waals surface area (Å²) < 4.78 is 6.83. The third-order valence-electron chi connectivity index (χ3n) is 7.83. The molecule has 9 nitrogen and oxygen atoms in total. The van der Waals surface area contributed by atoms with Crippen molar-refractivity contribution >= 4 is 29.0 Å². The van der Waals surface area contributed by atoms with Crippen molar-refractivity contribution in [3.8, 4) is 11.3 Å². The summed E-state index contributed by atoms with van der Waals surface area (Å²) in [5.74, 6) is -0.0757. The van der Waals surface area contributed by atoms with Crippen LogP contribution in [0.5, 0.6) is 0 Å². The van der Waals surface area contributed by atoms with E-state index in [1.54, 1.807) is 42.4 Å². The second-order valence-corrected chi connectivity index (χ2v) is 12.0. The summed E-state index contributed by atoms with van der Waals surface area (Å²) in [5, 5.41) is 6.21. The van der Waals surface area contributed by atoms with Crippen molar-refractivity contribution < 1.29 is 14.3 Å². The molecule has 1 aliphatic rings. The van der Waals surface area contributed by atoms with E-state index >= 15 is 0 Å². The molecule has 0 atom stereocenters. The number of hydrogen-bond acceptors (Lipinski definition) is 6. The van der Waals surface area contributed by atoms with Gasteiger partial charge in [0, 0.05) is 54.4 Å². The molecule has 228 valence electrons. The SMILES string of the molecule is CCc1c(NC(=O)c2ccc(C(C)(C)C)cc2)cccc1-c1cn(C)c(=O)c(Nc2ccc(C(=O)N3CCOCC3)cc2)n1. The van der Waals surface area contributed by atoms with Crippen LogP contribution in [-0.2, 0) is 23.6 Å². The van der Waals surface area contributed by atoms with Gasteiger partial charge in [-0.15, -0.1) is 0 Å². The van der Waals surface area contributed by atoms with Crippen LogP contribution in [0.15, 0.2) is 77.7 Å². The van der Waals surface area contributed by atoms with E-state index in [0.29, 0.717) is 60.9 Å². The Morgan fingerprint density at radius 1 is 0.932 bits per heavy atom. The molecule has 0 bridgehead atoms. The number of amides is 2. The smallest absolute Gasteiger partial charge is 0.293 e. The quantitative estimate of drug-likeness (QED) is 0.282. The molecule has 3 aromatic carbocycles. The number of anilines is 3. The van der Waals surface area contributed by atoms with Gasteiger partial charge in [-0.1, -0.05) is 52.0 Å². The minimum Gasteiger partial charge on any atom is -0.378 e. The van der Waals surface area contributed by atoms with Crippen molar-refractivity contribution in [1.82, 2.24) is 14.5 Å². The number of ether oxygens (including phenoxy) is 1. The van der Waals surface area contributed by atoms with E-state index in [1.165, 1.54) is 4.57 Å². The van der Waals surface area contributed by atoms with Gasteiger partial charge >= 0.3 is 0 Å². The summed E-state index contributed by atoms with van der Waals surface area (Å²) in [6, 6.07) is 20.4. The molecule has 2 N–H and O–H groups in total. The summed E-state index contributed by atoms with van der Waals surface area (Å²) >= 11 is 0. The molecule has 9 heteroatoms. The largest absolute Gasteiger partial charge is 0.378 e. The van der Waals surface area contributed by atoms with Crippen molar-refractivity contribution in [2.45, 2.75) is 39.5 Å². The van der Waals surface area contributed by atoms with Gasteiger partial charge in [-0.05, 0) is 65.4 Å². The Kier molecular flexibility index (Phi) is 8.96. The topological polar surface area (TPSA) is 106 Å². The molecule has 0 radical (unpaired) electrons. The number of aryl methyl sites for hydroxylation is 1. The molecule has 0 unspecified atom stereocenters. The maximum atomic E-state index is 13.2. The number of carbonyl (C=O) groups is 2. The highest BCUT2D eigenvalue weighted by atomic mass is 16.5. The van der Waals surface area contributed by atoms with Gasteiger partial charge in [0.25, 0.3) is 17.4 Å². The average Bonchev–Trinajstić information content (AvgIpc) is 3.03. The molecule has 1 fully saturated rings. The predicted molar refractivity (Wildman–Crippen MR) is 174 cm³/mol. The van der Waals surface area contributed by atoms with E-state index in [4.69, 9.17) is 9.72 Å². The normalized spacial score (nSPS) is 13.4. The van der Waals surface area contributed by atoms with Crippen LogP contribution in [-0.4, -0.2) is 52.6 Å². The van der Waals surface area contributed by atoms with Gasteiger partial charge in [-0.25, -0.2) is 4.98 Å². The first-order valence-electron chi connectivity index (χ1n) is 14.9. The van der Waals surface area contributed by atoms with Crippen LogP contribution in [0.25, 0.3) is 11.3 Å². The Labute approximate surface area is 257 Å². The maximum Gasteiger partial charge on any atom is 0.293 e. The van der Waals surface area contributed by atoms with E-state index in [2.05, 4.69) is 31.4 Å². The lowest BCUT2D eigenvalue weighted by molar-refractivity contribution is 0.0303. The number of rotatable bonds is 7. The first kappa shape index (κ1) is 30.7. The second kappa shape index (κ2) is 12.9. The summed E-state index contributed by atoms with van der Waals surface area (Å²) in [7, 11) is 1.68. The molecule has 44 heavy (non-hydrogen) atoms. The van der Waals surface area contributed by atoms with Gasteiger partial charge in [0.1, 0.15) is 0 Å². The van der Waals surface area contributed by atoms with E-state index < -0.39 is 0 Å². The highest BCUT2D eigenvalue weighted by Crippen LogP contribution is 2.30. The molecule has 4 aromatic rings. The minimum absolute atomic E-state index is 0.000736. The first-order valence-corrected chi connectivity index (χ1v) is 14.9. The third-order valence-corrected chi connectivity index (χ3v) is 7.83. The Bertz CT molecular complexity index is 1710. The zero-order valence-corrected chi connectivity index (χ0v) is 25.9. The van der Waals surface area contributed by atoms with E-state index in [-0.39, 0.29) is 28.6 Å². The number of carbonyl (C=O) groups excluding carboxylic acids is 2.